The summed E-state index contributed by atoms with van der Waals surface area (Å²) in [6.45, 7) is 2.03. The molecular formula is C25H21N3O2S2. The van der Waals surface area contributed by atoms with Gasteiger partial charge in [0.15, 0.2) is 5.17 Å². The van der Waals surface area contributed by atoms with Crippen molar-refractivity contribution in [1.82, 2.24) is 0 Å². The van der Waals surface area contributed by atoms with E-state index in [-0.39, 0.29) is 5.91 Å². The van der Waals surface area contributed by atoms with Crippen LogP contribution in [0, 0.1) is 6.92 Å². The maximum Gasteiger partial charge on any atom is 0.274 e. The molecule has 5 rings (SSSR count). The van der Waals surface area contributed by atoms with Crippen LogP contribution in [0.25, 0.3) is 0 Å². The number of amides is 1. The number of hydrogen-bond acceptors (Lipinski definition) is 6. The fourth-order valence-electron chi connectivity index (χ4n) is 3.63. The molecule has 0 unspecified atom stereocenters. The van der Waals surface area contributed by atoms with Crippen LogP contribution in [0.1, 0.15) is 5.56 Å². The largest absolute Gasteiger partial charge is 0.497 e. The molecule has 0 aliphatic carbocycles. The van der Waals surface area contributed by atoms with E-state index in [2.05, 4.69) is 4.90 Å². The van der Waals surface area contributed by atoms with Gasteiger partial charge in [-0.3, -0.25) is 9.69 Å². The average Bonchev–Trinajstić information content (AvgIpc) is 3.31. The number of rotatable bonds is 3. The molecule has 1 amide bonds. The van der Waals surface area contributed by atoms with Gasteiger partial charge in [-0.2, -0.15) is 0 Å². The molecule has 0 saturated carbocycles. The molecule has 5 nitrogen and oxygen atoms in total. The van der Waals surface area contributed by atoms with Gasteiger partial charge >= 0.3 is 0 Å². The van der Waals surface area contributed by atoms with E-state index in [4.69, 9.17) is 9.73 Å². The van der Waals surface area contributed by atoms with Crippen molar-refractivity contribution in [2.75, 3.05) is 24.0 Å². The van der Waals surface area contributed by atoms with Gasteiger partial charge in [-0.1, -0.05) is 48.2 Å². The standard InChI is InChI=1S/C25H21N3O2S2/c1-16-9-7-8-12-19(16)26-25-28(17-10-5-4-6-11-17)23(29)22(32-25)24-27(2)20-15-18(30-3)13-14-21(20)31-24/h4-15H,1-3H3/b24-22-,26-25?. The monoisotopic (exact) mass is 459 g/mol. The Bertz CT molecular complexity index is 1270. The lowest BCUT2D eigenvalue weighted by atomic mass is 10.2. The molecule has 2 heterocycles. The number of nitrogens with zero attached hydrogens (tertiary/aromatic N) is 3. The van der Waals surface area contributed by atoms with Crippen molar-refractivity contribution >= 4 is 51.7 Å². The predicted octanol–water partition coefficient (Wildman–Crippen LogP) is 6.18. The number of aliphatic imine (C=N–C) groups is 1. The summed E-state index contributed by atoms with van der Waals surface area (Å²) in [7, 11) is 3.64. The molecule has 0 N–H and O–H groups in total. The summed E-state index contributed by atoms with van der Waals surface area (Å²) < 4.78 is 5.39. The third-order valence-electron chi connectivity index (χ3n) is 5.36. The van der Waals surface area contributed by atoms with Gasteiger partial charge in [-0.15, -0.1) is 0 Å². The lowest BCUT2D eigenvalue weighted by Gasteiger charge is -2.17. The van der Waals surface area contributed by atoms with Gasteiger partial charge in [0.1, 0.15) is 10.7 Å². The number of ether oxygens (including phenoxy) is 1. The highest BCUT2D eigenvalue weighted by atomic mass is 32.2. The Balaban J connectivity index is 1.61. The first-order valence-electron chi connectivity index (χ1n) is 10.1. The molecule has 2 aliphatic heterocycles. The van der Waals surface area contributed by atoms with Crippen LogP contribution in [0.15, 0.2) is 92.6 Å². The highest BCUT2D eigenvalue weighted by molar-refractivity contribution is 8.20. The minimum atomic E-state index is -0.0670. The van der Waals surface area contributed by atoms with E-state index >= 15 is 0 Å². The normalized spacial score (nSPS) is 19.1. The molecule has 1 saturated heterocycles. The summed E-state index contributed by atoms with van der Waals surface area (Å²) in [6.07, 6.45) is 0. The van der Waals surface area contributed by atoms with Gasteiger partial charge in [0, 0.05) is 18.0 Å². The van der Waals surface area contributed by atoms with Crippen LogP contribution in [0.2, 0.25) is 0 Å². The van der Waals surface area contributed by atoms with E-state index in [1.807, 2.05) is 86.8 Å². The zero-order valence-corrected chi connectivity index (χ0v) is 19.5. The van der Waals surface area contributed by atoms with Crippen LogP contribution in [-0.2, 0) is 4.79 Å². The number of amidine groups is 1. The number of fused-ring (bicyclic) bond motifs is 1. The first-order chi connectivity index (χ1) is 15.6. The molecule has 32 heavy (non-hydrogen) atoms. The zero-order valence-electron chi connectivity index (χ0n) is 17.9. The van der Waals surface area contributed by atoms with Crippen molar-refractivity contribution in [3.05, 3.63) is 88.3 Å². The number of carbonyl (C=O) groups is 1. The number of thioether (sulfide) groups is 2. The number of aryl methyl sites for hydroxylation is 1. The average molecular weight is 460 g/mol. The smallest absolute Gasteiger partial charge is 0.274 e. The lowest BCUT2D eigenvalue weighted by molar-refractivity contribution is -0.113. The summed E-state index contributed by atoms with van der Waals surface area (Å²) in [4.78, 5) is 24.1. The van der Waals surface area contributed by atoms with Crippen LogP contribution in [0.3, 0.4) is 0 Å². The van der Waals surface area contributed by atoms with E-state index in [9.17, 15) is 4.79 Å². The number of anilines is 2. The van der Waals surface area contributed by atoms with Crippen molar-refractivity contribution < 1.29 is 9.53 Å². The van der Waals surface area contributed by atoms with Crippen molar-refractivity contribution in [3.8, 4) is 5.75 Å². The minimum Gasteiger partial charge on any atom is -0.497 e. The van der Waals surface area contributed by atoms with E-state index < -0.39 is 0 Å². The van der Waals surface area contributed by atoms with Crippen LogP contribution >= 0.6 is 23.5 Å². The molecule has 0 aromatic heterocycles. The van der Waals surface area contributed by atoms with Crippen molar-refractivity contribution in [1.29, 1.82) is 0 Å². The van der Waals surface area contributed by atoms with Gasteiger partial charge in [-0.05, 0) is 54.6 Å². The summed E-state index contributed by atoms with van der Waals surface area (Å²) in [5, 5.41) is 1.56. The lowest BCUT2D eigenvalue weighted by Crippen LogP contribution is -2.29. The third kappa shape index (κ3) is 3.57. The molecular weight excluding hydrogens is 438 g/mol. The molecule has 160 valence electrons. The Morgan fingerprint density at radius 2 is 1.69 bits per heavy atom. The zero-order chi connectivity index (χ0) is 22.2. The first-order valence-corrected chi connectivity index (χ1v) is 11.8. The molecule has 0 radical (unpaired) electrons. The maximum absolute atomic E-state index is 13.7. The van der Waals surface area contributed by atoms with Crippen LogP contribution < -0.4 is 14.5 Å². The highest BCUT2D eigenvalue weighted by Crippen LogP contribution is 2.51. The number of para-hydroxylation sites is 2. The summed E-state index contributed by atoms with van der Waals surface area (Å²) in [6, 6.07) is 23.6. The Morgan fingerprint density at radius 1 is 0.938 bits per heavy atom. The first kappa shape index (κ1) is 20.7. The van der Waals surface area contributed by atoms with Crippen molar-refractivity contribution in [3.63, 3.8) is 0 Å². The van der Waals surface area contributed by atoms with Crippen molar-refractivity contribution in [2.45, 2.75) is 11.8 Å². The van der Waals surface area contributed by atoms with Gasteiger partial charge in [0.2, 0.25) is 0 Å². The highest BCUT2D eigenvalue weighted by Gasteiger charge is 2.40. The molecule has 0 spiro atoms. The summed E-state index contributed by atoms with van der Waals surface area (Å²) >= 11 is 3.02. The fourth-order valence-corrected chi connectivity index (χ4v) is 5.95. The maximum atomic E-state index is 13.7. The fraction of sp³-hybridized carbons (Fsp3) is 0.120. The molecule has 2 aliphatic rings. The second kappa shape index (κ2) is 8.41. The van der Waals surface area contributed by atoms with Gasteiger partial charge < -0.3 is 9.64 Å². The number of methoxy groups -OCH3 is 1. The van der Waals surface area contributed by atoms with E-state index in [0.29, 0.717) is 10.1 Å². The van der Waals surface area contributed by atoms with Crippen LogP contribution in [0.4, 0.5) is 17.1 Å². The van der Waals surface area contributed by atoms with Gasteiger partial charge in [0.25, 0.3) is 5.91 Å². The summed E-state index contributed by atoms with van der Waals surface area (Å²) in [5.41, 5.74) is 3.75. The van der Waals surface area contributed by atoms with Gasteiger partial charge in [-0.25, -0.2) is 4.99 Å². The molecule has 3 aromatic rings. The minimum absolute atomic E-state index is 0.0670. The van der Waals surface area contributed by atoms with E-state index in [1.54, 1.807) is 23.8 Å². The summed E-state index contributed by atoms with van der Waals surface area (Å²) in [5.74, 6) is 0.725. The predicted molar refractivity (Wildman–Crippen MR) is 134 cm³/mol. The number of benzene rings is 3. The molecule has 3 aromatic carbocycles. The van der Waals surface area contributed by atoms with Crippen molar-refractivity contribution in [2.24, 2.45) is 4.99 Å². The van der Waals surface area contributed by atoms with E-state index in [1.165, 1.54) is 11.8 Å². The molecule has 7 heteroatoms. The Labute approximate surface area is 195 Å². The quantitative estimate of drug-likeness (QED) is 0.438. The third-order valence-corrected chi connectivity index (χ3v) is 7.76. The Hall–Kier alpha value is -3.16. The SMILES string of the molecule is COc1ccc2c(c1)N(C)/C(=C1/SC(=Nc3ccccc3C)N(c3ccccc3)C1=O)S2. The molecule has 1 fully saturated rings. The van der Waals surface area contributed by atoms with Crippen LogP contribution in [-0.4, -0.2) is 25.2 Å². The second-order valence-corrected chi connectivity index (χ2v) is 9.40. The Kier molecular flexibility index (Phi) is 5.45. The Morgan fingerprint density at radius 3 is 2.44 bits per heavy atom. The molecule has 0 bridgehead atoms. The van der Waals surface area contributed by atoms with Crippen LogP contribution in [0.5, 0.6) is 5.75 Å². The molecule has 0 atom stereocenters. The number of hydrogen-bond donors (Lipinski definition) is 0. The second-order valence-electron chi connectivity index (χ2n) is 7.39. The van der Waals surface area contributed by atoms with Gasteiger partial charge in [0.05, 0.1) is 29.2 Å². The number of carbonyl (C=O) groups excluding carboxylic acids is 1. The van der Waals surface area contributed by atoms with E-state index in [0.717, 1.165) is 38.3 Å². The topological polar surface area (TPSA) is 45.1 Å².